The summed E-state index contributed by atoms with van der Waals surface area (Å²) in [6.07, 6.45) is 3.69. The van der Waals surface area contributed by atoms with Gasteiger partial charge in [-0.2, -0.15) is 0 Å². The molecule has 0 aliphatic heterocycles. The minimum atomic E-state index is 0.252. The van der Waals surface area contributed by atoms with Crippen LogP contribution >= 0.6 is 27.7 Å². The second-order valence-corrected chi connectivity index (χ2v) is 6.37. The highest BCUT2D eigenvalue weighted by Crippen LogP contribution is 2.32. The van der Waals surface area contributed by atoms with Crippen LogP contribution in [0, 0.1) is 0 Å². The average molecular weight is 246 g/mol. The second kappa shape index (κ2) is 3.79. The minimum absolute atomic E-state index is 0.252. The maximum Gasteiger partial charge on any atom is 0.0411 e. The molecule has 12 heavy (non-hydrogen) atoms. The topological polar surface area (TPSA) is 12.9 Å². The van der Waals surface area contributed by atoms with Gasteiger partial charge in [0, 0.05) is 26.5 Å². The van der Waals surface area contributed by atoms with Crippen molar-refractivity contribution in [3.05, 3.63) is 22.9 Å². The van der Waals surface area contributed by atoms with E-state index in [-0.39, 0.29) is 4.75 Å². The third-order valence-corrected chi connectivity index (χ3v) is 2.61. The van der Waals surface area contributed by atoms with Crippen LogP contribution in [0.5, 0.6) is 0 Å². The zero-order valence-corrected chi connectivity index (χ0v) is 9.87. The van der Waals surface area contributed by atoms with Crippen LogP contribution in [0.2, 0.25) is 0 Å². The average Bonchev–Trinajstić information content (AvgIpc) is 1.82. The molecule has 0 radical (unpaired) electrons. The fourth-order valence-corrected chi connectivity index (χ4v) is 2.32. The smallest absolute Gasteiger partial charge is 0.0411 e. The van der Waals surface area contributed by atoms with Crippen LogP contribution in [0.4, 0.5) is 0 Å². The Morgan fingerprint density at radius 1 is 1.33 bits per heavy atom. The summed E-state index contributed by atoms with van der Waals surface area (Å²) in [7, 11) is 0. The van der Waals surface area contributed by atoms with E-state index in [0.29, 0.717) is 0 Å². The first-order chi connectivity index (χ1) is 5.47. The van der Waals surface area contributed by atoms with Gasteiger partial charge in [0.25, 0.3) is 0 Å². The van der Waals surface area contributed by atoms with E-state index in [0.717, 1.165) is 4.47 Å². The molecule has 0 saturated carbocycles. The fraction of sp³-hybridized carbons (Fsp3) is 0.444. The van der Waals surface area contributed by atoms with Gasteiger partial charge in [0.2, 0.25) is 0 Å². The molecule has 0 fully saturated rings. The van der Waals surface area contributed by atoms with Crippen molar-refractivity contribution in [1.29, 1.82) is 0 Å². The van der Waals surface area contributed by atoms with E-state index in [9.17, 15) is 0 Å². The summed E-state index contributed by atoms with van der Waals surface area (Å²) in [5, 5.41) is 0. The van der Waals surface area contributed by atoms with E-state index in [1.165, 1.54) is 4.90 Å². The highest BCUT2D eigenvalue weighted by Gasteiger charge is 2.11. The van der Waals surface area contributed by atoms with Gasteiger partial charge in [-0.3, -0.25) is 4.98 Å². The number of pyridine rings is 1. The van der Waals surface area contributed by atoms with Gasteiger partial charge < -0.3 is 0 Å². The van der Waals surface area contributed by atoms with Crippen molar-refractivity contribution in [2.45, 2.75) is 30.4 Å². The van der Waals surface area contributed by atoms with E-state index >= 15 is 0 Å². The third kappa shape index (κ3) is 3.59. The molecule has 1 heterocycles. The van der Waals surface area contributed by atoms with Crippen LogP contribution in [0.15, 0.2) is 27.8 Å². The number of hydrogen-bond donors (Lipinski definition) is 0. The first-order valence-electron chi connectivity index (χ1n) is 3.77. The number of thioether (sulfide) groups is 1. The standard InChI is InChI=1S/C9H12BrNS/c1-9(2,3)12-8-4-7(10)5-11-6-8/h4-6H,1-3H3. The predicted molar refractivity (Wildman–Crippen MR) is 57.5 cm³/mol. The van der Waals surface area contributed by atoms with Crippen LogP contribution in [-0.4, -0.2) is 9.73 Å². The lowest BCUT2D eigenvalue weighted by molar-refractivity contribution is 0.802. The van der Waals surface area contributed by atoms with E-state index in [4.69, 9.17) is 0 Å². The number of nitrogens with zero attached hydrogens (tertiary/aromatic N) is 1. The Morgan fingerprint density at radius 3 is 2.50 bits per heavy atom. The summed E-state index contributed by atoms with van der Waals surface area (Å²) in [6.45, 7) is 6.58. The van der Waals surface area contributed by atoms with Crippen molar-refractivity contribution in [3.63, 3.8) is 0 Å². The van der Waals surface area contributed by atoms with Crippen molar-refractivity contribution >= 4 is 27.7 Å². The van der Waals surface area contributed by atoms with Crippen LogP contribution in [0.1, 0.15) is 20.8 Å². The quantitative estimate of drug-likeness (QED) is 0.700. The van der Waals surface area contributed by atoms with Gasteiger partial charge in [-0.05, 0) is 22.0 Å². The Kier molecular flexibility index (Phi) is 3.18. The van der Waals surface area contributed by atoms with Gasteiger partial charge in [-0.25, -0.2) is 0 Å². The number of aromatic nitrogens is 1. The molecule has 0 amide bonds. The van der Waals surface area contributed by atoms with Gasteiger partial charge in [-0.15, -0.1) is 11.8 Å². The fourth-order valence-electron chi connectivity index (χ4n) is 0.802. The molecule has 0 saturated heterocycles. The summed E-state index contributed by atoms with van der Waals surface area (Å²) in [4.78, 5) is 5.31. The molecule has 0 unspecified atom stereocenters. The lowest BCUT2D eigenvalue weighted by atomic mass is 10.3. The predicted octanol–water partition coefficient (Wildman–Crippen LogP) is 3.73. The van der Waals surface area contributed by atoms with Crippen LogP contribution in [0.25, 0.3) is 0 Å². The summed E-state index contributed by atoms with van der Waals surface area (Å²) in [5.41, 5.74) is 0. The molecule has 0 N–H and O–H groups in total. The molecule has 0 aliphatic rings. The van der Waals surface area contributed by atoms with Crippen LogP contribution in [-0.2, 0) is 0 Å². The first kappa shape index (κ1) is 10.1. The van der Waals surface area contributed by atoms with Crippen molar-refractivity contribution < 1.29 is 0 Å². The lowest BCUT2D eigenvalue weighted by Gasteiger charge is -2.16. The molecule has 1 aromatic rings. The van der Waals surface area contributed by atoms with E-state index < -0.39 is 0 Å². The zero-order chi connectivity index (χ0) is 9.19. The molecule has 1 rings (SSSR count). The van der Waals surface area contributed by atoms with Gasteiger partial charge >= 0.3 is 0 Å². The Morgan fingerprint density at radius 2 is 2.00 bits per heavy atom. The molecule has 3 heteroatoms. The Balaban J connectivity index is 2.77. The third-order valence-electron chi connectivity index (χ3n) is 1.10. The maximum absolute atomic E-state index is 4.10. The molecule has 1 nitrogen and oxygen atoms in total. The summed E-state index contributed by atoms with van der Waals surface area (Å²) in [5.74, 6) is 0. The first-order valence-corrected chi connectivity index (χ1v) is 5.38. The SMILES string of the molecule is CC(C)(C)Sc1cncc(Br)c1. The van der Waals surface area contributed by atoms with Gasteiger partial charge in [0.05, 0.1) is 0 Å². The number of hydrogen-bond acceptors (Lipinski definition) is 2. The number of halogens is 1. The summed E-state index contributed by atoms with van der Waals surface area (Å²) < 4.78 is 1.29. The maximum atomic E-state index is 4.10. The molecular weight excluding hydrogens is 234 g/mol. The molecule has 66 valence electrons. The van der Waals surface area contributed by atoms with Gasteiger partial charge in [0.1, 0.15) is 0 Å². The van der Waals surface area contributed by atoms with E-state index in [1.54, 1.807) is 6.20 Å². The molecule has 0 aliphatic carbocycles. The highest BCUT2D eigenvalue weighted by atomic mass is 79.9. The molecular formula is C9H12BrNS. The summed E-state index contributed by atoms with van der Waals surface area (Å²) in [6, 6.07) is 2.09. The molecule has 0 aromatic carbocycles. The van der Waals surface area contributed by atoms with Crippen molar-refractivity contribution in [1.82, 2.24) is 4.98 Å². The van der Waals surface area contributed by atoms with Crippen LogP contribution < -0.4 is 0 Å². The minimum Gasteiger partial charge on any atom is -0.262 e. The molecule has 1 aromatic heterocycles. The van der Waals surface area contributed by atoms with Crippen molar-refractivity contribution in [2.75, 3.05) is 0 Å². The van der Waals surface area contributed by atoms with Gasteiger partial charge in [-0.1, -0.05) is 20.8 Å². The van der Waals surface area contributed by atoms with Crippen molar-refractivity contribution in [2.24, 2.45) is 0 Å². The van der Waals surface area contributed by atoms with Gasteiger partial charge in [0.15, 0.2) is 0 Å². The molecule has 0 bridgehead atoms. The van der Waals surface area contributed by atoms with Crippen molar-refractivity contribution in [3.8, 4) is 0 Å². The Labute approximate surface area is 86.1 Å². The van der Waals surface area contributed by atoms with E-state index in [2.05, 4.69) is 47.8 Å². The Hall–Kier alpha value is -0.0200. The largest absolute Gasteiger partial charge is 0.262 e. The summed E-state index contributed by atoms with van der Waals surface area (Å²) >= 11 is 5.22. The lowest BCUT2D eigenvalue weighted by Crippen LogP contribution is -2.06. The molecule has 0 atom stereocenters. The number of rotatable bonds is 1. The monoisotopic (exact) mass is 245 g/mol. The van der Waals surface area contributed by atoms with E-state index in [1.807, 2.05) is 18.0 Å². The highest BCUT2D eigenvalue weighted by molar-refractivity contribution is 9.10. The normalized spacial score (nSPS) is 11.7. The molecule has 0 spiro atoms. The Bertz CT molecular complexity index is 267. The van der Waals surface area contributed by atoms with Crippen LogP contribution in [0.3, 0.4) is 0 Å². The second-order valence-electron chi connectivity index (χ2n) is 3.55. The zero-order valence-electron chi connectivity index (χ0n) is 7.47.